The Morgan fingerprint density at radius 2 is 1.77 bits per heavy atom. The summed E-state index contributed by atoms with van der Waals surface area (Å²) < 4.78 is 16.0. The van der Waals surface area contributed by atoms with Crippen LogP contribution in [-0.2, 0) is 19.0 Å². The maximum Gasteiger partial charge on any atom is 0.290 e. The molecule has 2 saturated heterocycles. The molecule has 184 valence electrons. The normalized spacial score (nSPS) is 39.9. The van der Waals surface area contributed by atoms with Crippen molar-refractivity contribution < 1.29 is 44.5 Å². The lowest BCUT2D eigenvalue weighted by molar-refractivity contribution is -0.279. The van der Waals surface area contributed by atoms with Crippen LogP contribution in [0.3, 0.4) is 0 Å². The summed E-state index contributed by atoms with van der Waals surface area (Å²) in [5, 5.41) is 44.5. The highest BCUT2D eigenvalue weighted by molar-refractivity contribution is 5.32. The first-order valence-corrected chi connectivity index (χ1v) is 11.2. The van der Waals surface area contributed by atoms with E-state index in [-0.39, 0.29) is 25.6 Å². The molecule has 0 aromatic carbocycles. The van der Waals surface area contributed by atoms with E-state index in [1.165, 1.54) is 19.3 Å². The van der Waals surface area contributed by atoms with E-state index < -0.39 is 30.7 Å². The fraction of sp³-hybridized carbons (Fsp3) is 0.955. The minimum absolute atomic E-state index is 0.129. The van der Waals surface area contributed by atoms with Gasteiger partial charge in [-0.15, -0.1) is 0 Å². The summed E-state index contributed by atoms with van der Waals surface area (Å²) in [6.07, 6.45) is 0.372. The summed E-state index contributed by atoms with van der Waals surface area (Å²) in [6.45, 7) is 9.64. The van der Waals surface area contributed by atoms with Crippen molar-refractivity contribution in [3.8, 4) is 0 Å². The van der Waals surface area contributed by atoms with Crippen LogP contribution in [0.1, 0.15) is 59.8 Å². The van der Waals surface area contributed by atoms with E-state index in [0.29, 0.717) is 25.0 Å². The van der Waals surface area contributed by atoms with E-state index in [9.17, 15) is 15.3 Å². The predicted molar refractivity (Wildman–Crippen MR) is 113 cm³/mol. The molecule has 0 bridgehead atoms. The number of aliphatic hydroxyl groups excluding tert-OH is 4. The molecular formula is C22H42O9. The highest BCUT2D eigenvalue weighted by Crippen LogP contribution is 2.43. The molecule has 1 aliphatic carbocycles. The Morgan fingerprint density at radius 1 is 1.13 bits per heavy atom. The number of rotatable bonds is 3. The molecule has 9 heteroatoms. The minimum Gasteiger partial charge on any atom is -0.483 e. The molecule has 0 aromatic heterocycles. The lowest BCUT2D eigenvalue weighted by Crippen LogP contribution is -2.51. The van der Waals surface area contributed by atoms with Gasteiger partial charge in [0.15, 0.2) is 6.29 Å². The van der Waals surface area contributed by atoms with E-state index in [4.69, 9.17) is 29.2 Å². The molecule has 1 saturated carbocycles. The number of hydrogen-bond donors (Lipinski definition) is 5. The molecule has 0 aromatic rings. The Kier molecular flexibility index (Phi) is 12.4. The first-order chi connectivity index (χ1) is 14.5. The van der Waals surface area contributed by atoms with Gasteiger partial charge in [0.25, 0.3) is 6.47 Å². The summed E-state index contributed by atoms with van der Waals surface area (Å²) in [5.41, 5.74) is 0.609. The fourth-order valence-corrected chi connectivity index (χ4v) is 4.37. The molecule has 0 radical (unpaired) electrons. The van der Waals surface area contributed by atoms with Gasteiger partial charge in [-0.05, 0) is 23.7 Å². The predicted octanol–water partition coefficient (Wildman–Crippen LogP) is 1.15. The third kappa shape index (κ3) is 9.29. The van der Waals surface area contributed by atoms with Crippen molar-refractivity contribution in [3.63, 3.8) is 0 Å². The van der Waals surface area contributed by atoms with Crippen LogP contribution in [0.5, 0.6) is 0 Å². The molecule has 8 unspecified atom stereocenters. The van der Waals surface area contributed by atoms with E-state index in [0.717, 1.165) is 11.8 Å². The maximum absolute atomic E-state index is 9.63. The molecule has 3 rings (SSSR count). The van der Waals surface area contributed by atoms with Crippen LogP contribution in [0, 0.1) is 17.3 Å². The van der Waals surface area contributed by atoms with Crippen LogP contribution < -0.4 is 0 Å². The zero-order chi connectivity index (χ0) is 23.6. The molecule has 31 heavy (non-hydrogen) atoms. The fourth-order valence-electron chi connectivity index (χ4n) is 4.37. The zero-order valence-corrected chi connectivity index (χ0v) is 19.2. The van der Waals surface area contributed by atoms with Gasteiger partial charge in [0.2, 0.25) is 0 Å². The Morgan fingerprint density at radius 3 is 2.29 bits per heavy atom. The third-order valence-electron chi connectivity index (χ3n) is 6.78. The zero-order valence-electron chi connectivity index (χ0n) is 19.2. The van der Waals surface area contributed by atoms with Gasteiger partial charge in [-0.3, -0.25) is 4.79 Å². The molecule has 0 amide bonds. The lowest BCUT2D eigenvalue weighted by atomic mass is 9.65. The van der Waals surface area contributed by atoms with Crippen molar-refractivity contribution in [2.75, 3.05) is 19.8 Å². The van der Waals surface area contributed by atoms with Crippen molar-refractivity contribution >= 4 is 6.47 Å². The lowest BCUT2D eigenvalue weighted by Gasteiger charge is -2.40. The highest BCUT2D eigenvalue weighted by Gasteiger charge is 2.38. The number of ether oxygens (including phenoxy) is 3. The van der Waals surface area contributed by atoms with E-state index in [1.807, 2.05) is 0 Å². The highest BCUT2D eigenvalue weighted by atomic mass is 16.7. The number of carboxylic acid groups (broad SMARTS) is 1. The van der Waals surface area contributed by atoms with Crippen molar-refractivity contribution in [3.05, 3.63) is 0 Å². The van der Waals surface area contributed by atoms with Crippen molar-refractivity contribution in [1.29, 1.82) is 0 Å². The Hall–Kier alpha value is -0.810. The van der Waals surface area contributed by atoms with Crippen LogP contribution in [-0.4, -0.2) is 88.6 Å². The van der Waals surface area contributed by atoms with Crippen molar-refractivity contribution in [2.24, 2.45) is 17.3 Å². The Bertz CT molecular complexity index is 501. The van der Waals surface area contributed by atoms with Gasteiger partial charge in [-0.1, -0.05) is 40.5 Å². The van der Waals surface area contributed by atoms with Gasteiger partial charge >= 0.3 is 0 Å². The van der Waals surface area contributed by atoms with Crippen LogP contribution in [0.15, 0.2) is 0 Å². The summed E-state index contributed by atoms with van der Waals surface area (Å²) >= 11 is 0. The standard InChI is InChI=1S/C11H20O7.C10H20.CH2O2/c12-3-9-11(15)8(14)2-10(18-9)17-7-1-6(13)4-16-5-7;1-8-6-5-7-10(3,4)9(8)2;2-1-3/h6-15H,1-5H2;8-9H,5-7H2,1-4H3;1H,(H,2,3). The number of aliphatic hydroxyl groups is 4. The van der Waals surface area contributed by atoms with E-state index >= 15 is 0 Å². The molecule has 5 N–H and O–H groups in total. The smallest absolute Gasteiger partial charge is 0.290 e. The average Bonchev–Trinajstić information content (AvgIpc) is 2.70. The van der Waals surface area contributed by atoms with Crippen LogP contribution >= 0.6 is 0 Å². The van der Waals surface area contributed by atoms with Gasteiger partial charge in [0, 0.05) is 12.8 Å². The van der Waals surface area contributed by atoms with Gasteiger partial charge in [0.1, 0.15) is 12.2 Å². The largest absolute Gasteiger partial charge is 0.483 e. The molecular weight excluding hydrogens is 408 g/mol. The molecule has 2 heterocycles. The summed E-state index contributed by atoms with van der Waals surface area (Å²) in [6, 6.07) is 0. The topological polar surface area (TPSA) is 146 Å². The SMILES string of the molecule is CC1CCCC(C)(C)C1C.O=CO.OCC1OC(OC2COCC(O)C2)CC(O)C1O. The summed E-state index contributed by atoms with van der Waals surface area (Å²) in [4.78, 5) is 8.36. The monoisotopic (exact) mass is 450 g/mol. The van der Waals surface area contributed by atoms with E-state index in [2.05, 4.69) is 27.7 Å². The average molecular weight is 451 g/mol. The second-order valence-corrected chi connectivity index (χ2v) is 9.52. The van der Waals surface area contributed by atoms with Crippen LogP contribution in [0.2, 0.25) is 0 Å². The number of hydrogen-bond acceptors (Lipinski definition) is 8. The molecule has 3 aliphatic rings. The molecule has 2 aliphatic heterocycles. The first kappa shape index (κ1) is 28.2. The number of carbonyl (C=O) groups is 1. The van der Waals surface area contributed by atoms with Gasteiger partial charge < -0.3 is 39.7 Å². The van der Waals surface area contributed by atoms with Crippen LogP contribution in [0.4, 0.5) is 0 Å². The molecule has 8 atom stereocenters. The third-order valence-corrected chi connectivity index (χ3v) is 6.78. The summed E-state index contributed by atoms with van der Waals surface area (Å²) in [5.74, 6) is 1.87. The van der Waals surface area contributed by atoms with E-state index in [1.54, 1.807) is 0 Å². The first-order valence-electron chi connectivity index (χ1n) is 11.2. The Balaban J connectivity index is 0.000000311. The molecule has 0 spiro atoms. The quantitative estimate of drug-likeness (QED) is 0.400. The molecule has 9 nitrogen and oxygen atoms in total. The van der Waals surface area contributed by atoms with Crippen molar-refractivity contribution in [2.45, 2.75) is 96.6 Å². The second-order valence-electron chi connectivity index (χ2n) is 9.52. The van der Waals surface area contributed by atoms with Crippen molar-refractivity contribution in [1.82, 2.24) is 0 Å². The van der Waals surface area contributed by atoms with Crippen LogP contribution in [0.25, 0.3) is 0 Å². The van der Waals surface area contributed by atoms with Gasteiger partial charge in [-0.25, -0.2) is 0 Å². The minimum atomic E-state index is -1.11. The Labute approximate surface area is 185 Å². The second kappa shape index (κ2) is 13.7. The molecule has 3 fully saturated rings. The van der Waals surface area contributed by atoms with Gasteiger partial charge in [-0.2, -0.15) is 0 Å². The van der Waals surface area contributed by atoms with Gasteiger partial charge in [0.05, 0.1) is 38.1 Å². The maximum atomic E-state index is 9.63. The summed E-state index contributed by atoms with van der Waals surface area (Å²) in [7, 11) is 0.